The second-order valence-corrected chi connectivity index (χ2v) is 4.41. The van der Waals surface area contributed by atoms with Crippen molar-refractivity contribution in [2.24, 2.45) is 0 Å². The highest BCUT2D eigenvalue weighted by molar-refractivity contribution is 5.78. The number of amides is 1. The number of benzene rings is 1. The maximum absolute atomic E-state index is 12.8. The van der Waals surface area contributed by atoms with E-state index in [4.69, 9.17) is 10.5 Å². The van der Waals surface area contributed by atoms with E-state index in [0.29, 0.717) is 5.75 Å². The number of rotatable bonds is 3. The lowest BCUT2D eigenvalue weighted by Crippen LogP contribution is -2.38. The van der Waals surface area contributed by atoms with Gasteiger partial charge in [0.25, 0.3) is 5.91 Å². The molecule has 1 fully saturated rings. The molecule has 2 rings (SSSR count). The van der Waals surface area contributed by atoms with Gasteiger partial charge in [-0.3, -0.25) is 4.79 Å². The monoisotopic (exact) mass is 252 g/mol. The molecule has 2 N–H and O–H groups in total. The molecule has 98 valence electrons. The van der Waals surface area contributed by atoms with Gasteiger partial charge in [0, 0.05) is 19.2 Å². The van der Waals surface area contributed by atoms with Gasteiger partial charge >= 0.3 is 0 Å². The van der Waals surface area contributed by atoms with E-state index in [2.05, 4.69) is 0 Å². The molecule has 1 aromatic rings. The third-order valence-corrected chi connectivity index (χ3v) is 3.03. The second kappa shape index (κ2) is 5.71. The van der Waals surface area contributed by atoms with Gasteiger partial charge in [0.15, 0.2) is 6.61 Å². The summed E-state index contributed by atoms with van der Waals surface area (Å²) in [4.78, 5) is 13.6. The molecule has 1 saturated heterocycles. The number of ether oxygens (including phenoxy) is 1. The van der Waals surface area contributed by atoms with Gasteiger partial charge in [-0.2, -0.15) is 0 Å². The summed E-state index contributed by atoms with van der Waals surface area (Å²) in [5.74, 6) is -0.109. The summed E-state index contributed by atoms with van der Waals surface area (Å²) in [6.07, 6.45) is 3.27. The fraction of sp³-hybridized carbons (Fsp3) is 0.462. The van der Waals surface area contributed by atoms with Gasteiger partial charge in [0.05, 0.1) is 5.69 Å². The van der Waals surface area contributed by atoms with Crippen molar-refractivity contribution in [2.45, 2.75) is 19.3 Å². The van der Waals surface area contributed by atoms with Crippen molar-refractivity contribution in [2.75, 3.05) is 25.4 Å². The summed E-state index contributed by atoms with van der Waals surface area (Å²) in [6.45, 7) is 1.54. The number of piperidine rings is 1. The average molecular weight is 252 g/mol. The van der Waals surface area contributed by atoms with Crippen molar-refractivity contribution in [1.29, 1.82) is 0 Å². The maximum Gasteiger partial charge on any atom is 0.260 e. The highest BCUT2D eigenvalue weighted by Crippen LogP contribution is 2.21. The summed E-state index contributed by atoms with van der Waals surface area (Å²) in [7, 11) is 0. The summed E-state index contributed by atoms with van der Waals surface area (Å²) < 4.78 is 18.2. The average Bonchev–Trinajstić information content (AvgIpc) is 2.38. The standard InChI is InChI=1S/C13H17FN2O2/c14-10-4-5-12(11(15)8-10)18-9-13(17)16-6-2-1-3-7-16/h4-5,8H,1-3,6-7,9,15H2. The van der Waals surface area contributed by atoms with Gasteiger partial charge in [0.1, 0.15) is 11.6 Å². The zero-order valence-corrected chi connectivity index (χ0v) is 10.2. The lowest BCUT2D eigenvalue weighted by molar-refractivity contribution is -0.134. The number of likely N-dealkylation sites (tertiary alicyclic amines) is 1. The Kier molecular flexibility index (Phi) is 4.02. The number of halogens is 1. The summed E-state index contributed by atoms with van der Waals surface area (Å²) in [5.41, 5.74) is 5.81. The largest absolute Gasteiger partial charge is 0.482 e. The quantitative estimate of drug-likeness (QED) is 0.834. The Morgan fingerprint density at radius 3 is 2.72 bits per heavy atom. The van der Waals surface area contributed by atoms with Gasteiger partial charge in [0.2, 0.25) is 0 Å². The minimum Gasteiger partial charge on any atom is -0.482 e. The van der Waals surface area contributed by atoms with Crippen LogP contribution in [0.2, 0.25) is 0 Å². The fourth-order valence-corrected chi connectivity index (χ4v) is 2.02. The predicted molar refractivity (Wildman–Crippen MR) is 66.7 cm³/mol. The third kappa shape index (κ3) is 3.12. The van der Waals surface area contributed by atoms with E-state index in [9.17, 15) is 9.18 Å². The third-order valence-electron chi connectivity index (χ3n) is 3.03. The van der Waals surface area contributed by atoms with Crippen LogP contribution < -0.4 is 10.5 Å². The zero-order chi connectivity index (χ0) is 13.0. The molecule has 0 saturated carbocycles. The van der Waals surface area contributed by atoms with Crippen molar-refractivity contribution >= 4 is 11.6 Å². The molecule has 0 aromatic heterocycles. The predicted octanol–water partition coefficient (Wildman–Crippen LogP) is 1.80. The first-order chi connectivity index (χ1) is 8.66. The first-order valence-electron chi connectivity index (χ1n) is 6.12. The lowest BCUT2D eigenvalue weighted by Gasteiger charge is -2.26. The number of carbonyl (C=O) groups is 1. The number of carbonyl (C=O) groups excluding carboxylic acids is 1. The first kappa shape index (κ1) is 12.7. The van der Waals surface area contributed by atoms with E-state index < -0.39 is 5.82 Å². The molecular formula is C13H17FN2O2. The van der Waals surface area contributed by atoms with Crippen LogP contribution in [0.1, 0.15) is 19.3 Å². The van der Waals surface area contributed by atoms with Crippen LogP contribution in [0.3, 0.4) is 0 Å². The molecule has 0 atom stereocenters. The Bertz CT molecular complexity index is 431. The minimum atomic E-state index is -0.415. The molecule has 4 nitrogen and oxygen atoms in total. The number of hydrogen-bond donors (Lipinski definition) is 1. The molecule has 0 bridgehead atoms. The van der Waals surface area contributed by atoms with Crippen molar-refractivity contribution in [3.05, 3.63) is 24.0 Å². The van der Waals surface area contributed by atoms with E-state index in [-0.39, 0.29) is 18.2 Å². The smallest absolute Gasteiger partial charge is 0.260 e. The van der Waals surface area contributed by atoms with Crippen LogP contribution in [-0.4, -0.2) is 30.5 Å². The maximum atomic E-state index is 12.8. The number of nitrogens with zero attached hydrogens (tertiary/aromatic N) is 1. The van der Waals surface area contributed by atoms with Crippen molar-refractivity contribution in [1.82, 2.24) is 4.90 Å². The van der Waals surface area contributed by atoms with Gasteiger partial charge in [-0.15, -0.1) is 0 Å². The number of nitrogens with two attached hydrogens (primary N) is 1. The fourth-order valence-electron chi connectivity index (χ4n) is 2.02. The number of anilines is 1. The molecule has 1 amide bonds. The topological polar surface area (TPSA) is 55.6 Å². The van der Waals surface area contributed by atoms with Crippen LogP contribution in [0.25, 0.3) is 0 Å². The molecule has 1 aliphatic rings. The summed E-state index contributed by atoms with van der Waals surface area (Å²) >= 11 is 0. The van der Waals surface area contributed by atoms with Gasteiger partial charge < -0.3 is 15.4 Å². The zero-order valence-electron chi connectivity index (χ0n) is 10.2. The van der Waals surface area contributed by atoms with E-state index in [1.54, 1.807) is 4.90 Å². The lowest BCUT2D eigenvalue weighted by atomic mass is 10.1. The molecule has 0 unspecified atom stereocenters. The Labute approximate surface area is 106 Å². The molecule has 0 aliphatic carbocycles. The van der Waals surface area contributed by atoms with Crippen LogP contribution in [0.15, 0.2) is 18.2 Å². The van der Waals surface area contributed by atoms with E-state index in [1.807, 2.05) is 0 Å². The van der Waals surface area contributed by atoms with Gasteiger partial charge in [-0.05, 0) is 31.4 Å². The van der Waals surface area contributed by atoms with Crippen LogP contribution in [-0.2, 0) is 4.79 Å². The molecule has 18 heavy (non-hydrogen) atoms. The summed E-state index contributed by atoms with van der Waals surface area (Å²) in [5, 5.41) is 0. The Hall–Kier alpha value is -1.78. The van der Waals surface area contributed by atoms with E-state index in [1.165, 1.54) is 24.6 Å². The van der Waals surface area contributed by atoms with Gasteiger partial charge in [-0.1, -0.05) is 0 Å². The van der Waals surface area contributed by atoms with Crippen LogP contribution in [0.5, 0.6) is 5.75 Å². The second-order valence-electron chi connectivity index (χ2n) is 4.41. The Balaban J connectivity index is 1.88. The molecular weight excluding hydrogens is 235 g/mol. The first-order valence-corrected chi connectivity index (χ1v) is 6.12. The SMILES string of the molecule is Nc1cc(F)ccc1OCC(=O)N1CCCCC1. The normalized spacial score (nSPS) is 15.5. The molecule has 1 aromatic carbocycles. The van der Waals surface area contributed by atoms with E-state index >= 15 is 0 Å². The highest BCUT2D eigenvalue weighted by atomic mass is 19.1. The Morgan fingerprint density at radius 2 is 2.06 bits per heavy atom. The van der Waals surface area contributed by atoms with Crippen molar-refractivity contribution < 1.29 is 13.9 Å². The summed E-state index contributed by atoms with van der Waals surface area (Å²) in [6, 6.07) is 3.88. The Morgan fingerprint density at radius 1 is 1.33 bits per heavy atom. The number of hydrogen-bond acceptors (Lipinski definition) is 3. The molecule has 1 aliphatic heterocycles. The van der Waals surface area contributed by atoms with Gasteiger partial charge in [-0.25, -0.2) is 4.39 Å². The molecule has 0 radical (unpaired) electrons. The molecule has 1 heterocycles. The van der Waals surface area contributed by atoms with Crippen LogP contribution in [0, 0.1) is 5.82 Å². The van der Waals surface area contributed by atoms with Crippen molar-refractivity contribution in [3.8, 4) is 5.75 Å². The molecule has 5 heteroatoms. The van der Waals surface area contributed by atoms with E-state index in [0.717, 1.165) is 25.9 Å². The molecule has 0 spiro atoms. The van der Waals surface area contributed by atoms with Crippen LogP contribution in [0.4, 0.5) is 10.1 Å². The van der Waals surface area contributed by atoms with Crippen LogP contribution >= 0.6 is 0 Å². The van der Waals surface area contributed by atoms with Crippen molar-refractivity contribution in [3.63, 3.8) is 0 Å². The highest BCUT2D eigenvalue weighted by Gasteiger charge is 2.17. The minimum absolute atomic E-state index is 0.0431. The number of nitrogen functional groups attached to an aromatic ring is 1.